The third-order valence-electron chi connectivity index (χ3n) is 5.24. The minimum absolute atomic E-state index is 0. The molecule has 2 bridgehead atoms. The molecular formula is C21H8Br6CuN. The summed E-state index contributed by atoms with van der Waals surface area (Å²) in [5.41, 5.74) is 8.30. The third kappa shape index (κ3) is 3.82. The minimum Gasteiger partial charge on any atom is -0.512 e. The fourth-order valence-electron chi connectivity index (χ4n) is 4.24. The van der Waals surface area contributed by atoms with Crippen molar-refractivity contribution in [1.82, 2.24) is 0 Å². The van der Waals surface area contributed by atoms with E-state index in [9.17, 15) is 0 Å². The van der Waals surface area contributed by atoms with Crippen molar-refractivity contribution in [2.75, 3.05) is 0 Å². The number of hydrogen-bond acceptors (Lipinski definition) is 1. The molecule has 0 aliphatic heterocycles. The molecule has 150 valence electrons. The fraction of sp³-hybridized carbons (Fsp3) is 0.0952. The van der Waals surface area contributed by atoms with Gasteiger partial charge in [0.2, 0.25) is 0 Å². The van der Waals surface area contributed by atoms with E-state index in [-0.39, 0.29) is 28.9 Å². The van der Waals surface area contributed by atoms with Crippen molar-refractivity contribution in [3.05, 3.63) is 103 Å². The molecule has 1 nitrogen and oxygen atoms in total. The molecule has 3 aromatic rings. The van der Waals surface area contributed by atoms with Crippen molar-refractivity contribution >= 4 is 95.6 Å². The van der Waals surface area contributed by atoms with Crippen LogP contribution in [0.3, 0.4) is 0 Å². The average molecular weight is 817 g/mol. The molecule has 0 fully saturated rings. The Balaban J connectivity index is 0.000000778. The van der Waals surface area contributed by atoms with Crippen molar-refractivity contribution < 1.29 is 17.1 Å². The number of hydrogen-bond donors (Lipinski definition) is 0. The Morgan fingerprint density at radius 3 is 0.724 bits per heavy atom. The van der Waals surface area contributed by atoms with Crippen LogP contribution in [0.2, 0.25) is 0 Å². The summed E-state index contributed by atoms with van der Waals surface area (Å²) < 4.78 is 6.58. The molecule has 0 N–H and O–H groups in total. The second kappa shape index (κ2) is 9.19. The van der Waals surface area contributed by atoms with Crippen molar-refractivity contribution in [2.45, 2.75) is 11.8 Å². The number of nitrogens with zero attached hydrogens (tertiary/aromatic N) is 1. The molecule has 0 heterocycles. The van der Waals surface area contributed by atoms with E-state index in [0.717, 1.165) is 26.8 Å². The summed E-state index contributed by atoms with van der Waals surface area (Å²) >= 11 is 22.2. The SMILES string of the molecule is Brc1cc2c(cc1Br)C1c3cc(Br)c(Br)cc3C2c2cc(Br)c(Br)cc21.[C-]#N.[Cu+]. The van der Waals surface area contributed by atoms with Gasteiger partial charge < -0.3 is 11.8 Å². The summed E-state index contributed by atoms with van der Waals surface area (Å²) in [6.07, 6.45) is 0. The molecule has 0 saturated carbocycles. The Morgan fingerprint density at radius 1 is 0.448 bits per heavy atom. The van der Waals surface area contributed by atoms with Gasteiger partial charge in [0.15, 0.2) is 0 Å². The second-order valence-corrected chi connectivity index (χ2v) is 11.7. The third-order valence-corrected chi connectivity index (χ3v) is 10.8. The standard InChI is InChI=1S/C20H8Br6.CN.Cu/c21-13-1-7-8(2-14(13)22)20-11-5-17(25)15(23)3-9(11)19(7)10-4-16(24)18(26)6-12(10)20;1-2;/h1-6,19-20H;;/q;-1;+1. The second-order valence-electron chi connectivity index (χ2n) is 6.55. The van der Waals surface area contributed by atoms with E-state index in [1.165, 1.54) is 33.4 Å². The molecule has 6 rings (SSSR count). The maximum atomic E-state index is 6.25. The number of rotatable bonds is 0. The molecule has 3 aliphatic carbocycles. The molecule has 0 unspecified atom stereocenters. The van der Waals surface area contributed by atoms with E-state index >= 15 is 0 Å². The van der Waals surface area contributed by atoms with Crippen LogP contribution in [0.1, 0.15) is 45.2 Å². The zero-order valence-corrected chi connectivity index (χ0v) is 24.6. The van der Waals surface area contributed by atoms with Crippen LogP contribution in [-0.4, -0.2) is 0 Å². The Hall–Kier alpha value is 0.549. The molecule has 3 aliphatic rings. The predicted molar refractivity (Wildman–Crippen MR) is 132 cm³/mol. The van der Waals surface area contributed by atoms with E-state index < -0.39 is 0 Å². The first-order valence-corrected chi connectivity index (χ1v) is 12.8. The van der Waals surface area contributed by atoms with Gasteiger partial charge in [0, 0.05) is 38.7 Å². The van der Waals surface area contributed by atoms with Gasteiger partial charge in [0.25, 0.3) is 0 Å². The summed E-state index contributed by atoms with van der Waals surface area (Å²) in [4.78, 5) is 0. The van der Waals surface area contributed by atoms with E-state index in [0.29, 0.717) is 0 Å². The summed E-state index contributed by atoms with van der Waals surface area (Å²) in [6, 6.07) is 13.6. The van der Waals surface area contributed by atoms with Crippen LogP contribution in [0, 0.1) is 11.8 Å². The van der Waals surface area contributed by atoms with E-state index in [4.69, 9.17) is 11.8 Å². The van der Waals surface area contributed by atoms with Crippen LogP contribution in [-0.2, 0) is 17.1 Å². The molecule has 8 heteroatoms. The summed E-state index contributed by atoms with van der Waals surface area (Å²) in [6.45, 7) is 4.75. The Kier molecular flexibility index (Phi) is 7.67. The minimum atomic E-state index is 0. The zero-order valence-electron chi connectivity index (χ0n) is 14.1. The number of halogens is 6. The molecule has 0 aromatic heterocycles. The summed E-state index contributed by atoms with van der Waals surface area (Å²) in [5, 5.41) is 6.25. The van der Waals surface area contributed by atoms with Gasteiger partial charge in [-0.1, -0.05) is 0 Å². The molecular weight excluding hydrogens is 809 g/mol. The fourth-order valence-corrected chi connectivity index (χ4v) is 6.40. The van der Waals surface area contributed by atoms with Gasteiger partial charge in [-0.05, 0) is 165 Å². The molecule has 0 atom stereocenters. The zero-order chi connectivity index (χ0) is 20.3. The largest absolute Gasteiger partial charge is 1.00 e. The molecule has 0 radical (unpaired) electrons. The Morgan fingerprint density at radius 2 is 0.586 bits per heavy atom. The van der Waals surface area contributed by atoms with Crippen LogP contribution >= 0.6 is 95.6 Å². The van der Waals surface area contributed by atoms with Gasteiger partial charge in [-0.15, -0.1) is 0 Å². The first kappa shape index (κ1) is 24.2. The van der Waals surface area contributed by atoms with Crippen LogP contribution in [0.15, 0.2) is 63.2 Å². The van der Waals surface area contributed by atoms with Crippen LogP contribution in [0.5, 0.6) is 0 Å². The molecule has 0 spiro atoms. The molecule has 0 amide bonds. The van der Waals surface area contributed by atoms with Crippen molar-refractivity contribution in [3.8, 4) is 0 Å². The van der Waals surface area contributed by atoms with E-state index in [1.54, 1.807) is 0 Å². The maximum Gasteiger partial charge on any atom is 1.00 e. The smallest absolute Gasteiger partial charge is 0.512 e. The normalized spacial score (nSPS) is 17.2. The molecule has 3 aromatic carbocycles. The van der Waals surface area contributed by atoms with Gasteiger partial charge in [-0.2, -0.15) is 0 Å². The Bertz CT molecular complexity index is 945. The maximum absolute atomic E-state index is 6.25. The van der Waals surface area contributed by atoms with Gasteiger partial charge in [0.05, 0.1) is 0 Å². The van der Waals surface area contributed by atoms with Crippen LogP contribution in [0.4, 0.5) is 0 Å². The van der Waals surface area contributed by atoms with Crippen LogP contribution < -0.4 is 0 Å². The first-order valence-electron chi connectivity index (χ1n) is 8.05. The predicted octanol–water partition coefficient (Wildman–Crippen LogP) is 9.34. The van der Waals surface area contributed by atoms with Crippen molar-refractivity contribution in [1.29, 1.82) is 5.26 Å². The first-order chi connectivity index (χ1) is 13.4. The topological polar surface area (TPSA) is 23.8 Å². The van der Waals surface area contributed by atoms with E-state index in [1.807, 2.05) is 0 Å². The van der Waals surface area contributed by atoms with Gasteiger partial charge >= 0.3 is 17.1 Å². The summed E-state index contributed by atoms with van der Waals surface area (Å²) in [7, 11) is 0. The molecule has 0 saturated heterocycles. The van der Waals surface area contributed by atoms with Crippen molar-refractivity contribution in [2.24, 2.45) is 0 Å². The summed E-state index contributed by atoms with van der Waals surface area (Å²) in [5.74, 6) is 0.469. The molecule has 29 heavy (non-hydrogen) atoms. The monoisotopic (exact) mass is 811 g/mol. The Labute approximate surface area is 230 Å². The average Bonchev–Trinajstić information content (AvgIpc) is 2.66. The quantitative estimate of drug-likeness (QED) is 0.113. The van der Waals surface area contributed by atoms with Gasteiger partial charge in [-0.25, -0.2) is 0 Å². The van der Waals surface area contributed by atoms with Crippen molar-refractivity contribution in [3.63, 3.8) is 0 Å². The van der Waals surface area contributed by atoms with Gasteiger partial charge in [-0.3, -0.25) is 0 Å². The van der Waals surface area contributed by atoms with E-state index in [2.05, 4.69) is 132 Å². The van der Waals surface area contributed by atoms with Crippen LogP contribution in [0.25, 0.3) is 0 Å². The van der Waals surface area contributed by atoms with Gasteiger partial charge in [0.1, 0.15) is 0 Å². The number of benzene rings is 3.